The van der Waals surface area contributed by atoms with Gasteiger partial charge < -0.3 is 5.32 Å². The first kappa shape index (κ1) is 19.5. The number of amides is 1. The maximum Gasteiger partial charge on any atom is 0.261 e. The Kier molecular flexibility index (Phi) is 4.61. The Morgan fingerprint density at radius 3 is 1.93 bits per heavy atom. The van der Waals surface area contributed by atoms with Crippen LogP contribution in [-0.4, -0.2) is 19.9 Å². The van der Waals surface area contributed by atoms with E-state index in [1.807, 2.05) is 0 Å². The molecule has 30 heavy (non-hydrogen) atoms. The molecule has 158 valence electrons. The Balaban J connectivity index is 1.27. The second-order valence-corrected chi connectivity index (χ2v) is 11.0. The van der Waals surface area contributed by atoms with E-state index < -0.39 is 15.8 Å². The fraction of sp³-hybridized carbons (Fsp3) is 0.435. The van der Waals surface area contributed by atoms with Gasteiger partial charge in [-0.25, -0.2) is 12.8 Å². The van der Waals surface area contributed by atoms with E-state index in [0.29, 0.717) is 11.3 Å². The van der Waals surface area contributed by atoms with Gasteiger partial charge in [-0.05, 0) is 105 Å². The van der Waals surface area contributed by atoms with Gasteiger partial charge in [0, 0.05) is 16.8 Å². The summed E-state index contributed by atoms with van der Waals surface area (Å²) in [6.07, 6.45) is 7.20. The number of carbonyl (C=O) groups excluding carboxylic acids is 1. The molecule has 2 aromatic rings. The molecule has 2 N–H and O–H groups in total. The summed E-state index contributed by atoms with van der Waals surface area (Å²) in [6.45, 7) is 0. The number of anilines is 1. The summed E-state index contributed by atoms with van der Waals surface area (Å²) in [4.78, 5) is 12.9. The van der Waals surface area contributed by atoms with E-state index in [2.05, 4.69) is 10.0 Å². The molecule has 0 spiro atoms. The third kappa shape index (κ3) is 3.71. The molecule has 6 rings (SSSR count). The van der Waals surface area contributed by atoms with Gasteiger partial charge in [-0.15, -0.1) is 0 Å². The molecule has 0 unspecified atom stereocenters. The third-order valence-corrected chi connectivity index (χ3v) is 8.34. The van der Waals surface area contributed by atoms with Crippen LogP contribution in [0, 0.1) is 23.6 Å². The Labute approximate surface area is 176 Å². The maximum absolute atomic E-state index is 13.0. The summed E-state index contributed by atoms with van der Waals surface area (Å²) in [5, 5.41) is 3.33. The second kappa shape index (κ2) is 7.08. The monoisotopic (exact) mass is 428 g/mol. The number of hydrogen-bond acceptors (Lipinski definition) is 3. The van der Waals surface area contributed by atoms with E-state index in [-0.39, 0.29) is 16.3 Å². The number of sulfonamides is 1. The standard InChI is InChI=1S/C23H25FN2O3S/c24-19-3-7-21(8-4-19)30(28,29)26-20-5-1-18(2-6-20)22(27)25-23-12-15-9-16(13-23)11-17(10-15)14-23/h1-8,15-17,26H,9-14H2,(H,25,27). The lowest BCUT2D eigenvalue weighted by molar-refractivity contribution is -0.0167. The smallest absolute Gasteiger partial charge is 0.261 e. The number of rotatable bonds is 5. The Morgan fingerprint density at radius 2 is 1.40 bits per heavy atom. The van der Waals surface area contributed by atoms with Crippen LogP contribution in [0.4, 0.5) is 10.1 Å². The summed E-state index contributed by atoms with van der Waals surface area (Å²) < 4.78 is 40.4. The van der Waals surface area contributed by atoms with Crippen LogP contribution in [-0.2, 0) is 10.0 Å². The van der Waals surface area contributed by atoms with Gasteiger partial charge in [0.05, 0.1) is 4.90 Å². The zero-order valence-corrected chi connectivity index (χ0v) is 17.4. The van der Waals surface area contributed by atoms with E-state index in [1.54, 1.807) is 24.3 Å². The lowest BCUT2D eigenvalue weighted by atomic mass is 9.53. The van der Waals surface area contributed by atoms with Crippen molar-refractivity contribution in [3.63, 3.8) is 0 Å². The summed E-state index contributed by atoms with van der Waals surface area (Å²) in [6, 6.07) is 11.1. The maximum atomic E-state index is 13.0. The van der Waals surface area contributed by atoms with Crippen molar-refractivity contribution < 1.29 is 17.6 Å². The van der Waals surface area contributed by atoms with Crippen LogP contribution in [0.3, 0.4) is 0 Å². The molecule has 4 fully saturated rings. The molecule has 5 nitrogen and oxygen atoms in total. The molecule has 0 heterocycles. The Bertz CT molecular complexity index is 1030. The third-order valence-electron chi connectivity index (χ3n) is 6.94. The second-order valence-electron chi connectivity index (χ2n) is 9.29. The average Bonchev–Trinajstić information content (AvgIpc) is 2.67. The first-order valence-electron chi connectivity index (χ1n) is 10.5. The minimum Gasteiger partial charge on any atom is -0.347 e. The van der Waals surface area contributed by atoms with E-state index in [4.69, 9.17) is 0 Å². The lowest BCUT2D eigenvalue weighted by Gasteiger charge is -2.56. The van der Waals surface area contributed by atoms with Crippen LogP contribution >= 0.6 is 0 Å². The van der Waals surface area contributed by atoms with Crippen molar-refractivity contribution in [2.45, 2.75) is 49.0 Å². The van der Waals surface area contributed by atoms with Crippen molar-refractivity contribution in [1.82, 2.24) is 5.32 Å². The zero-order valence-electron chi connectivity index (χ0n) is 16.6. The predicted molar refractivity (Wildman–Crippen MR) is 112 cm³/mol. The van der Waals surface area contributed by atoms with E-state index in [9.17, 15) is 17.6 Å². The highest BCUT2D eigenvalue weighted by atomic mass is 32.2. The van der Waals surface area contributed by atoms with E-state index in [0.717, 1.165) is 49.1 Å². The van der Waals surface area contributed by atoms with Crippen LogP contribution in [0.15, 0.2) is 53.4 Å². The molecule has 4 aliphatic carbocycles. The van der Waals surface area contributed by atoms with Gasteiger partial charge in [-0.1, -0.05) is 0 Å². The fourth-order valence-electron chi connectivity index (χ4n) is 6.09. The summed E-state index contributed by atoms with van der Waals surface area (Å²) in [5.74, 6) is 1.66. The number of halogens is 1. The van der Waals surface area contributed by atoms with Crippen molar-refractivity contribution in [3.8, 4) is 0 Å². The molecule has 0 radical (unpaired) electrons. The predicted octanol–water partition coefficient (Wildman–Crippen LogP) is 4.33. The van der Waals surface area contributed by atoms with E-state index >= 15 is 0 Å². The largest absolute Gasteiger partial charge is 0.347 e. The first-order valence-corrected chi connectivity index (χ1v) is 12.0. The fourth-order valence-corrected chi connectivity index (χ4v) is 7.15. The molecule has 0 saturated heterocycles. The Hall–Kier alpha value is -2.41. The van der Waals surface area contributed by atoms with Crippen molar-refractivity contribution in [1.29, 1.82) is 0 Å². The van der Waals surface area contributed by atoms with Crippen LogP contribution in [0.25, 0.3) is 0 Å². The first-order chi connectivity index (χ1) is 14.3. The minimum absolute atomic E-state index is 0.0208. The van der Waals surface area contributed by atoms with Crippen LogP contribution in [0.2, 0.25) is 0 Å². The van der Waals surface area contributed by atoms with Gasteiger partial charge in [-0.2, -0.15) is 0 Å². The zero-order chi connectivity index (χ0) is 20.9. The highest BCUT2D eigenvalue weighted by Crippen LogP contribution is 2.55. The van der Waals surface area contributed by atoms with Gasteiger partial charge in [0.15, 0.2) is 0 Å². The molecule has 0 aliphatic heterocycles. The van der Waals surface area contributed by atoms with Crippen molar-refractivity contribution in [3.05, 3.63) is 59.9 Å². The summed E-state index contributed by atoms with van der Waals surface area (Å²) >= 11 is 0. The molecule has 4 bridgehead atoms. The normalized spacial score (nSPS) is 29.6. The highest BCUT2D eigenvalue weighted by Gasteiger charge is 2.51. The van der Waals surface area contributed by atoms with Crippen LogP contribution in [0.1, 0.15) is 48.9 Å². The molecule has 4 saturated carbocycles. The average molecular weight is 429 g/mol. The molecule has 0 aromatic heterocycles. The van der Waals surface area contributed by atoms with Crippen molar-refractivity contribution >= 4 is 21.6 Å². The Morgan fingerprint density at radius 1 is 0.867 bits per heavy atom. The minimum atomic E-state index is -3.82. The number of hydrogen-bond donors (Lipinski definition) is 2. The van der Waals surface area contributed by atoms with Gasteiger partial charge >= 0.3 is 0 Å². The lowest BCUT2D eigenvalue weighted by Crippen LogP contribution is -2.59. The van der Waals surface area contributed by atoms with Gasteiger partial charge in [-0.3, -0.25) is 9.52 Å². The quantitative estimate of drug-likeness (QED) is 0.745. The van der Waals surface area contributed by atoms with Crippen molar-refractivity contribution in [2.24, 2.45) is 17.8 Å². The van der Waals surface area contributed by atoms with Gasteiger partial charge in [0.25, 0.3) is 15.9 Å². The molecular formula is C23H25FN2O3S. The molecule has 1 amide bonds. The summed E-state index contributed by atoms with van der Waals surface area (Å²) in [5.41, 5.74) is 0.815. The summed E-state index contributed by atoms with van der Waals surface area (Å²) in [7, 11) is -3.82. The SMILES string of the molecule is O=C(NC12CC3CC(CC(C3)C1)C2)c1ccc(NS(=O)(=O)c2ccc(F)cc2)cc1. The highest BCUT2D eigenvalue weighted by molar-refractivity contribution is 7.92. The molecular weight excluding hydrogens is 403 g/mol. The number of nitrogens with one attached hydrogen (secondary N) is 2. The molecule has 4 aliphatic rings. The molecule has 2 aromatic carbocycles. The van der Waals surface area contributed by atoms with Crippen molar-refractivity contribution in [2.75, 3.05) is 4.72 Å². The molecule has 7 heteroatoms. The van der Waals surface area contributed by atoms with E-state index in [1.165, 1.54) is 31.4 Å². The number of carbonyl (C=O) groups is 1. The van der Waals surface area contributed by atoms with Gasteiger partial charge in [0.1, 0.15) is 5.82 Å². The van der Waals surface area contributed by atoms with Gasteiger partial charge in [0.2, 0.25) is 0 Å². The van der Waals surface area contributed by atoms with Crippen LogP contribution < -0.4 is 10.0 Å². The molecule has 0 atom stereocenters. The topological polar surface area (TPSA) is 75.3 Å². The van der Waals surface area contributed by atoms with Crippen LogP contribution in [0.5, 0.6) is 0 Å². The number of benzene rings is 2.